The molecule has 2 rings (SSSR count). The summed E-state index contributed by atoms with van der Waals surface area (Å²) in [6, 6.07) is 6.88. The molecule has 0 aromatic carbocycles. The summed E-state index contributed by atoms with van der Waals surface area (Å²) in [6.45, 7) is 0. The molecule has 86 valence electrons. The quantitative estimate of drug-likeness (QED) is 0.818. The Bertz CT molecular complexity index is 511. The van der Waals surface area contributed by atoms with Crippen LogP contribution in [-0.4, -0.2) is 16.2 Å². The maximum absolute atomic E-state index is 13.1. The first kappa shape index (κ1) is 11.4. The van der Waals surface area contributed by atoms with E-state index in [1.54, 1.807) is 18.5 Å². The summed E-state index contributed by atoms with van der Waals surface area (Å²) in [4.78, 5) is 8.10. The molecule has 17 heavy (non-hydrogen) atoms. The number of pyridine rings is 2. The minimum absolute atomic E-state index is 0.0914. The summed E-state index contributed by atoms with van der Waals surface area (Å²) in [5.41, 5.74) is 2.00. The van der Waals surface area contributed by atoms with E-state index in [0.717, 1.165) is 23.9 Å². The average molecular weight is 229 g/mol. The molecular formula is C13H12FN3. The van der Waals surface area contributed by atoms with Gasteiger partial charge in [0.2, 0.25) is 0 Å². The van der Waals surface area contributed by atoms with E-state index in [9.17, 15) is 4.39 Å². The van der Waals surface area contributed by atoms with Crippen LogP contribution in [0.4, 0.5) is 4.39 Å². The van der Waals surface area contributed by atoms with E-state index in [4.69, 9.17) is 5.41 Å². The van der Waals surface area contributed by atoms with Gasteiger partial charge in [-0.25, -0.2) is 9.37 Å². The molecule has 0 saturated heterocycles. The van der Waals surface area contributed by atoms with Crippen molar-refractivity contribution in [3.63, 3.8) is 0 Å². The van der Waals surface area contributed by atoms with Crippen molar-refractivity contribution in [2.75, 3.05) is 0 Å². The zero-order valence-electron chi connectivity index (χ0n) is 9.23. The maximum atomic E-state index is 13.1. The second kappa shape index (κ2) is 5.30. The van der Waals surface area contributed by atoms with Crippen LogP contribution in [0, 0.1) is 11.2 Å². The van der Waals surface area contributed by atoms with Gasteiger partial charge in [-0.3, -0.25) is 4.98 Å². The van der Waals surface area contributed by atoms with E-state index in [1.807, 2.05) is 12.1 Å². The fraction of sp³-hybridized carbons (Fsp3) is 0.154. The third kappa shape index (κ3) is 2.93. The molecule has 1 N–H and O–H groups in total. The number of aromatic nitrogens is 2. The van der Waals surface area contributed by atoms with Crippen LogP contribution in [0.3, 0.4) is 0 Å². The second-order valence-corrected chi connectivity index (χ2v) is 3.68. The van der Waals surface area contributed by atoms with Gasteiger partial charge in [0.05, 0.1) is 0 Å². The molecule has 2 heterocycles. The molecule has 0 bridgehead atoms. The van der Waals surface area contributed by atoms with E-state index >= 15 is 0 Å². The molecule has 3 nitrogen and oxygen atoms in total. The maximum Gasteiger partial charge on any atom is 0.150 e. The third-order valence-corrected chi connectivity index (χ3v) is 2.46. The highest BCUT2D eigenvalue weighted by Crippen LogP contribution is 2.07. The average Bonchev–Trinajstić information content (AvgIpc) is 2.39. The van der Waals surface area contributed by atoms with Crippen molar-refractivity contribution in [3.05, 3.63) is 59.4 Å². The Balaban J connectivity index is 2.07. The summed E-state index contributed by atoms with van der Waals surface area (Å²) in [5, 5.41) is 7.04. The fourth-order valence-corrected chi connectivity index (χ4v) is 1.56. The molecule has 0 saturated carbocycles. The van der Waals surface area contributed by atoms with Crippen LogP contribution in [0.5, 0.6) is 0 Å². The number of aryl methyl sites for hydroxylation is 2. The number of hydrogen-bond acceptors (Lipinski definition) is 3. The number of nitrogens with one attached hydrogen (secondary N) is 1. The summed E-state index contributed by atoms with van der Waals surface area (Å²) in [5.74, 6) is -0.454. The lowest BCUT2D eigenvalue weighted by Crippen LogP contribution is -2.00. The molecular weight excluding hydrogens is 217 g/mol. The van der Waals surface area contributed by atoms with Crippen LogP contribution < -0.4 is 0 Å². The summed E-state index contributed by atoms with van der Waals surface area (Å²) in [7, 11) is 0. The van der Waals surface area contributed by atoms with Crippen LogP contribution >= 0.6 is 0 Å². The normalized spacial score (nSPS) is 10.2. The highest BCUT2D eigenvalue weighted by Gasteiger charge is 2.03. The lowest BCUT2D eigenvalue weighted by atomic mass is 10.1. The zero-order chi connectivity index (χ0) is 12.1. The van der Waals surface area contributed by atoms with Gasteiger partial charge in [-0.15, -0.1) is 0 Å². The van der Waals surface area contributed by atoms with Gasteiger partial charge in [-0.2, -0.15) is 0 Å². The lowest BCUT2D eigenvalue weighted by molar-refractivity contribution is 0.616. The summed E-state index contributed by atoms with van der Waals surface area (Å²) >= 11 is 0. The van der Waals surface area contributed by atoms with Gasteiger partial charge < -0.3 is 5.41 Å². The van der Waals surface area contributed by atoms with Crippen molar-refractivity contribution < 1.29 is 4.39 Å². The minimum atomic E-state index is -0.454. The molecule has 2 aromatic heterocycles. The topological polar surface area (TPSA) is 49.6 Å². The van der Waals surface area contributed by atoms with Crippen molar-refractivity contribution in [2.24, 2.45) is 0 Å². The van der Waals surface area contributed by atoms with Gasteiger partial charge in [0.1, 0.15) is 11.5 Å². The Morgan fingerprint density at radius 3 is 2.82 bits per heavy atom. The van der Waals surface area contributed by atoms with E-state index in [-0.39, 0.29) is 5.69 Å². The summed E-state index contributed by atoms with van der Waals surface area (Å²) in [6.07, 6.45) is 5.99. The van der Waals surface area contributed by atoms with Crippen molar-refractivity contribution in [1.82, 2.24) is 9.97 Å². The van der Waals surface area contributed by atoms with Crippen molar-refractivity contribution in [3.8, 4) is 0 Å². The predicted octanol–water partition coefficient (Wildman–Crippen LogP) is 2.40. The molecule has 2 aromatic rings. The van der Waals surface area contributed by atoms with Gasteiger partial charge >= 0.3 is 0 Å². The van der Waals surface area contributed by atoms with E-state index in [0.29, 0.717) is 6.42 Å². The standard InChI is InChI=1S/C13H12FN3/c14-12-6-5-11(17-13(12)8-15)4-3-10-2-1-7-16-9-10/h1-2,5-9,15H,3-4H2. The van der Waals surface area contributed by atoms with E-state index in [2.05, 4.69) is 9.97 Å². The molecule has 0 unspecified atom stereocenters. The van der Waals surface area contributed by atoms with Crippen molar-refractivity contribution >= 4 is 6.21 Å². The molecule has 0 aliphatic heterocycles. The van der Waals surface area contributed by atoms with Crippen LogP contribution in [0.25, 0.3) is 0 Å². The Morgan fingerprint density at radius 1 is 1.24 bits per heavy atom. The summed E-state index contributed by atoms with van der Waals surface area (Å²) < 4.78 is 13.1. The van der Waals surface area contributed by atoms with Crippen LogP contribution in [0.1, 0.15) is 17.0 Å². The number of halogens is 1. The smallest absolute Gasteiger partial charge is 0.150 e. The van der Waals surface area contributed by atoms with Gasteiger partial charge in [0, 0.05) is 24.3 Å². The highest BCUT2D eigenvalue weighted by molar-refractivity contribution is 5.74. The van der Waals surface area contributed by atoms with Crippen LogP contribution in [0.2, 0.25) is 0 Å². The van der Waals surface area contributed by atoms with Gasteiger partial charge in [-0.05, 0) is 36.6 Å². The minimum Gasteiger partial charge on any atom is -0.306 e. The van der Waals surface area contributed by atoms with E-state index in [1.165, 1.54) is 6.07 Å². The molecule has 0 atom stereocenters. The van der Waals surface area contributed by atoms with Gasteiger partial charge in [0.15, 0.2) is 0 Å². The molecule has 0 fully saturated rings. The van der Waals surface area contributed by atoms with Crippen molar-refractivity contribution in [2.45, 2.75) is 12.8 Å². The Morgan fingerprint density at radius 2 is 2.12 bits per heavy atom. The van der Waals surface area contributed by atoms with E-state index < -0.39 is 5.82 Å². The first-order valence-corrected chi connectivity index (χ1v) is 5.34. The Kier molecular flexibility index (Phi) is 3.55. The first-order valence-electron chi connectivity index (χ1n) is 5.34. The first-order chi connectivity index (χ1) is 8.29. The van der Waals surface area contributed by atoms with Crippen LogP contribution in [-0.2, 0) is 12.8 Å². The number of nitrogens with zero attached hydrogens (tertiary/aromatic N) is 2. The molecule has 4 heteroatoms. The van der Waals surface area contributed by atoms with Crippen LogP contribution in [0.15, 0.2) is 36.7 Å². The zero-order valence-corrected chi connectivity index (χ0v) is 9.23. The highest BCUT2D eigenvalue weighted by atomic mass is 19.1. The lowest BCUT2D eigenvalue weighted by Gasteiger charge is -2.02. The van der Waals surface area contributed by atoms with Crippen molar-refractivity contribution in [1.29, 1.82) is 5.41 Å². The van der Waals surface area contributed by atoms with Gasteiger partial charge in [0.25, 0.3) is 0 Å². The largest absolute Gasteiger partial charge is 0.306 e. The van der Waals surface area contributed by atoms with Gasteiger partial charge in [-0.1, -0.05) is 6.07 Å². The monoisotopic (exact) mass is 229 g/mol. The predicted molar refractivity (Wildman–Crippen MR) is 63.7 cm³/mol. The molecule has 0 amide bonds. The Hall–Kier alpha value is -2.10. The molecule has 0 radical (unpaired) electrons. The number of hydrogen-bond donors (Lipinski definition) is 1. The molecule has 0 aliphatic carbocycles. The Labute approximate surface area is 98.9 Å². The second-order valence-electron chi connectivity index (χ2n) is 3.68. The fourth-order valence-electron chi connectivity index (χ4n) is 1.56. The third-order valence-electron chi connectivity index (χ3n) is 2.46. The SMILES string of the molecule is N=Cc1nc(CCc2cccnc2)ccc1F. The molecule has 0 spiro atoms. The molecule has 0 aliphatic rings. The number of rotatable bonds is 4.